The van der Waals surface area contributed by atoms with Crippen LogP contribution in [0.2, 0.25) is 0 Å². The molecule has 0 fully saturated rings. The number of benzene rings is 13. The predicted octanol–water partition coefficient (Wildman–Crippen LogP) is 24.6. The molecule has 0 bridgehead atoms. The van der Waals surface area contributed by atoms with Gasteiger partial charge in [-0.15, -0.1) is 0 Å². The van der Waals surface area contributed by atoms with Crippen LogP contribution in [-0.2, 0) is 27.1 Å². The Morgan fingerprint density at radius 2 is 0.621 bits per heavy atom. The third-order valence-electron chi connectivity index (χ3n) is 24.6. The average Bonchev–Trinajstić information content (AvgIpc) is 0.881. The summed E-state index contributed by atoms with van der Waals surface area (Å²) < 4.78 is 5.05. The summed E-state index contributed by atoms with van der Waals surface area (Å²) in [5.74, 6) is 0. The van der Waals surface area contributed by atoms with Crippen LogP contribution in [0.4, 0.5) is 34.1 Å². The second-order valence-electron chi connectivity index (χ2n) is 33.8. The maximum absolute atomic E-state index is 2.63. The highest BCUT2D eigenvalue weighted by Crippen LogP contribution is 2.52. The fourth-order valence-corrected chi connectivity index (χ4v) is 18.5. The van der Waals surface area contributed by atoms with E-state index in [-0.39, 0.29) is 33.8 Å². The Hall–Kier alpha value is -10.9. The van der Waals surface area contributed by atoms with Crippen LogP contribution in [0.15, 0.2) is 279 Å². The standard InChI is InChI=1S/C98H87BN4/c1-94(2,3)70-39-29-63(30-40-70)69-37-48-83-89(58-69)100(71-41-31-64(32-42-71)67-35-46-79-81(56-67)97(8,9)53-51-95(79,4)5)91-60-74(103-85-26-18-15-23-75(85)76-24-16-19-27-86(76)103)61-92-93(91)99(83)84-49-45-73(102-87-28-20-17-25-77(87)78-55-66(38-50-88(78)102)62-21-13-12-14-22-62)59-90(84)101(92)72-43-33-65(34-44-72)68-36-47-80-82(57-68)98(10,11)54-52-96(80,6)7/h12-50,55-61H,51-54H2,1-11H3. The third kappa shape index (κ3) is 9.99. The Morgan fingerprint density at radius 3 is 1.13 bits per heavy atom. The first kappa shape index (κ1) is 63.1. The number of fused-ring (bicyclic) bond motifs is 12. The molecule has 5 heteroatoms. The number of anilines is 6. The van der Waals surface area contributed by atoms with Crippen molar-refractivity contribution < 1.29 is 0 Å². The molecular weight excluding hydrogens is 1240 g/mol. The normalized spacial score (nSPS) is 16.0. The number of para-hydroxylation sites is 3. The summed E-state index contributed by atoms with van der Waals surface area (Å²) >= 11 is 0. The molecular formula is C98H87BN4. The highest BCUT2D eigenvalue weighted by molar-refractivity contribution is 7.00. The Bertz CT molecular complexity index is 5920. The van der Waals surface area contributed by atoms with Crippen molar-refractivity contribution in [3.8, 4) is 55.9 Å². The Balaban J connectivity index is 0.879. The van der Waals surface area contributed by atoms with Gasteiger partial charge in [-0.2, -0.15) is 0 Å². The molecule has 0 saturated carbocycles. The molecule has 4 heterocycles. The monoisotopic (exact) mass is 1330 g/mol. The fraction of sp³-hybridized carbons (Fsp3) is 0.204. The minimum atomic E-state index is -0.155. The molecule has 0 saturated heterocycles. The van der Waals surface area contributed by atoms with Crippen molar-refractivity contribution in [3.05, 3.63) is 307 Å². The summed E-state index contributed by atoms with van der Waals surface area (Å²) in [6.45, 7) is 26.2. The molecule has 2 aliphatic heterocycles. The van der Waals surface area contributed by atoms with E-state index in [1.165, 1.54) is 164 Å². The van der Waals surface area contributed by atoms with Gasteiger partial charge >= 0.3 is 0 Å². The fourth-order valence-electron chi connectivity index (χ4n) is 18.5. The molecule has 0 spiro atoms. The lowest BCUT2D eigenvalue weighted by Crippen LogP contribution is -2.61. The van der Waals surface area contributed by atoms with Gasteiger partial charge in [0.25, 0.3) is 6.71 Å². The van der Waals surface area contributed by atoms with Crippen LogP contribution in [0.3, 0.4) is 0 Å². The summed E-state index contributed by atoms with van der Waals surface area (Å²) in [7, 11) is 0. The molecule has 502 valence electrons. The first-order chi connectivity index (χ1) is 49.7. The summed E-state index contributed by atoms with van der Waals surface area (Å²) in [6, 6.07) is 108. The van der Waals surface area contributed by atoms with Gasteiger partial charge in [-0.25, -0.2) is 0 Å². The number of hydrogen-bond acceptors (Lipinski definition) is 2. The van der Waals surface area contributed by atoms with E-state index >= 15 is 0 Å². The van der Waals surface area contributed by atoms with Gasteiger partial charge in [0, 0.05) is 61.4 Å². The maximum atomic E-state index is 2.63. The molecule has 4 nitrogen and oxygen atoms in total. The first-order valence-electron chi connectivity index (χ1n) is 37.4. The minimum absolute atomic E-state index is 0.0207. The lowest BCUT2D eigenvalue weighted by molar-refractivity contribution is 0.332. The second-order valence-corrected chi connectivity index (χ2v) is 33.8. The molecule has 0 N–H and O–H groups in total. The molecule has 2 aliphatic carbocycles. The van der Waals surface area contributed by atoms with Crippen LogP contribution in [0, 0.1) is 0 Å². The zero-order valence-corrected chi connectivity index (χ0v) is 61.3. The van der Waals surface area contributed by atoms with E-state index in [0.717, 1.165) is 39.8 Å². The van der Waals surface area contributed by atoms with Gasteiger partial charge < -0.3 is 18.9 Å². The summed E-state index contributed by atoms with van der Waals surface area (Å²) in [5, 5.41) is 4.93. The van der Waals surface area contributed by atoms with Gasteiger partial charge in [-0.1, -0.05) is 270 Å². The zero-order chi connectivity index (χ0) is 70.2. The van der Waals surface area contributed by atoms with Crippen molar-refractivity contribution in [3.63, 3.8) is 0 Å². The molecule has 19 rings (SSSR count). The quantitative estimate of drug-likeness (QED) is 0.141. The van der Waals surface area contributed by atoms with Gasteiger partial charge in [-0.05, 0) is 226 Å². The first-order valence-corrected chi connectivity index (χ1v) is 37.4. The molecule has 0 unspecified atom stereocenters. The lowest BCUT2D eigenvalue weighted by Gasteiger charge is -2.44. The van der Waals surface area contributed by atoms with Crippen molar-refractivity contribution in [2.75, 3.05) is 9.80 Å². The van der Waals surface area contributed by atoms with Crippen LogP contribution < -0.4 is 26.2 Å². The minimum Gasteiger partial charge on any atom is -0.311 e. The topological polar surface area (TPSA) is 16.3 Å². The van der Waals surface area contributed by atoms with Crippen LogP contribution in [0.25, 0.3) is 99.5 Å². The molecule has 13 aromatic carbocycles. The molecule has 0 atom stereocenters. The molecule has 0 radical (unpaired) electrons. The van der Waals surface area contributed by atoms with Crippen LogP contribution in [0.1, 0.15) is 130 Å². The number of hydrogen-bond donors (Lipinski definition) is 0. The molecule has 15 aromatic rings. The van der Waals surface area contributed by atoms with E-state index in [1.807, 2.05) is 0 Å². The van der Waals surface area contributed by atoms with E-state index in [4.69, 9.17) is 0 Å². The van der Waals surface area contributed by atoms with Gasteiger partial charge in [0.2, 0.25) is 0 Å². The molecule has 2 aromatic heterocycles. The van der Waals surface area contributed by atoms with Crippen LogP contribution in [0.5, 0.6) is 0 Å². The highest BCUT2D eigenvalue weighted by Gasteiger charge is 2.45. The van der Waals surface area contributed by atoms with Crippen molar-refractivity contribution >= 4 is 101 Å². The third-order valence-corrected chi connectivity index (χ3v) is 24.6. The lowest BCUT2D eigenvalue weighted by atomic mass is 9.33. The van der Waals surface area contributed by atoms with Crippen molar-refractivity contribution in [2.24, 2.45) is 0 Å². The summed E-state index contributed by atoms with van der Waals surface area (Å²) in [5.41, 5.74) is 35.0. The predicted molar refractivity (Wildman–Crippen MR) is 440 cm³/mol. The highest BCUT2D eigenvalue weighted by atomic mass is 15.2. The smallest absolute Gasteiger partial charge is 0.252 e. The number of rotatable bonds is 8. The number of aromatic nitrogens is 2. The summed E-state index contributed by atoms with van der Waals surface area (Å²) in [6.07, 6.45) is 4.71. The Morgan fingerprint density at radius 1 is 0.272 bits per heavy atom. The van der Waals surface area contributed by atoms with E-state index in [1.54, 1.807) is 0 Å². The zero-order valence-electron chi connectivity index (χ0n) is 61.3. The maximum Gasteiger partial charge on any atom is 0.252 e. The van der Waals surface area contributed by atoms with E-state index in [9.17, 15) is 0 Å². The summed E-state index contributed by atoms with van der Waals surface area (Å²) in [4.78, 5) is 5.25. The van der Waals surface area contributed by atoms with Crippen LogP contribution >= 0.6 is 0 Å². The molecule has 103 heavy (non-hydrogen) atoms. The average molecular weight is 1330 g/mol. The van der Waals surface area contributed by atoms with E-state index in [2.05, 4.69) is 374 Å². The van der Waals surface area contributed by atoms with Gasteiger partial charge in [-0.3, -0.25) is 0 Å². The van der Waals surface area contributed by atoms with Crippen molar-refractivity contribution in [1.29, 1.82) is 0 Å². The van der Waals surface area contributed by atoms with Gasteiger partial charge in [0.1, 0.15) is 0 Å². The Kier molecular flexibility index (Phi) is 14.0. The molecule has 4 aliphatic rings. The van der Waals surface area contributed by atoms with E-state index in [0.29, 0.717) is 0 Å². The van der Waals surface area contributed by atoms with Crippen molar-refractivity contribution in [1.82, 2.24) is 9.13 Å². The number of nitrogens with zero attached hydrogens (tertiary/aromatic N) is 4. The van der Waals surface area contributed by atoms with Crippen molar-refractivity contribution in [2.45, 2.75) is 129 Å². The SMILES string of the molecule is CC(C)(C)c1ccc(-c2ccc3c(c2)N(c2ccc(-c4ccc5c(c4)C(C)(C)CCC5(C)C)cc2)c2cc(-n4c5ccccc5c5ccccc54)cc4c2B3c2ccc(-n3c5ccccc5c5cc(-c6ccccc6)ccc53)cc2N4c2ccc(-c3ccc4c(c3)C(C)(C)CCC4(C)C)cc2)cc1. The largest absolute Gasteiger partial charge is 0.311 e. The Labute approximate surface area is 607 Å². The molecule has 0 amide bonds. The van der Waals surface area contributed by atoms with E-state index < -0.39 is 0 Å². The van der Waals surface area contributed by atoms with Crippen LogP contribution in [-0.4, -0.2) is 15.8 Å². The van der Waals surface area contributed by atoms with Gasteiger partial charge in [0.05, 0.1) is 27.8 Å². The second kappa shape index (κ2) is 22.8. The van der Waals surface area contributed by atoms with Gasteiger partial charge in [0.15, 0.2) is 0 Å².